The molecule has 3 heterocycles. The molecule has 0 saturated carbocycles. The first-order chi connectivity index (χ1) is 16.1. The van der Waals surface area contributed by atoms with Crippen molar-refractivity contribution >= 4 is 17.7 Å². The molecule has 1 fully saturated rings. The molecule has 1 saturated heterocycles. The molecule has 1 amide bonds. The van der Waals surface area contributed by atoms with E-state index < -0.39 is 6.09 Å². The number of carbonyl (C=O) groups is 1. The molecule has 2 unspecified atom stereocenters. The van der Waals surface area contributed by atoms with E-state index in [9.17, 15) is 9.90 Å². The number of imidazole rings is 1. The van der Waals surface area contributed by atoms with E-state index in [1.807, 2.05) is 54.6 Å². The zero-order valence-electron chi connectivity index (χ0n) is 17.7. The maximum atomic E-state index is 12.2. The molecular weight excluding hydrogens is 438 g/mol. The topological polar surface area (TPSA) is 95.0 Å². The van der Waals surface area contributed by atoms with Gasteiger partial charge in [0.15, 0.2) is 5.82 Å². The molecule has 166 valence electrons. The smallest absolute Gasteiger partial charge is 0.407 e. The van der Waals surface area contributed by atoms with Crippen LogP contribution in [0, 0.1) is 0 Å². The van der Waals surface area contributed by atoms with Crippen molar-refractivity contribution in [3.05, 3.63) is 89.3 Å². The molecule has 7 nitrogen and oxygen atoms in total. The van der Waals surface area contributed by atoms with E-state index in [0.29, 0.717) is 35.3 Å². The third kappa shape index (κ3) is 4.32. The van der Waals surface area contributed by atoms with E-state index in [4.69, 9.17) is 16.6 Å². The fourth-order valence-corrected chi connectivity index (χ4v) is 4.58. The van der Waals surface area contributed by atoms with Gasteiger partial charge in [0, 0.05) is 35.4 Å². The first-order valence-electron chi connectivity index (χ1n) is 10.8. The van der Waals surface area contributed by atoms with Crippen LogP contribution in [0.2, 0.25) is 5.02 Å². The van der Waals surface area contributed by atoms with E-state index in [0.717, 1.165) is 23.2 Å². The van der Waals surface area contributed by atoms with Crippen molar-refractivity contribution in [2.75, 3.05) is 6.54 Å². The van der Waals surface area contributed by atoms with Gasteiger partial charge in [-0.05, 0) is 48.7 Å². The van der Waals surface area contributed by atoms with E-state index in [1.54, 1.807) is 18.5 Å². The second-order valence-corrected chi connectivity index (χ2v) is 8.50. The average molecular weight is 460 g/mol. The fraction of sp³-hybridized carbons (Fsp3) is 0.200. The summed E-state index contributed by atoms with van der Waals surface area (Å²) >= 11 is 6.05. The first kappa shape index (κ1) is 21.2. The molecule has 0 spiro atoms. The van der Waals surface area contributed by atoms with Gasteiger partial charge in [0.25, 0.3) is 0 Å². The van der Waals surface area contributed by atoms with Crippen LogP contribution in [0.1, 0.15) is 36.1 Å². The van der Waals surface area contributed by atoms with Gasteiger partial charge in [-0.3, -0.25) is 0 Å². The summed E-state index contributed by atoms with van der Waals surface area (Å²) < 4.78 is 0. The molecule has 5 rings (SSSR count). The highest BCUT2D eigenvalue weighted by Crippen LogP contribution is 2.40. The Kier molecular flexibility index (Phi) is 5.79. The summed E-state index contributed by atoms with van der Waals surface area (Å²) in [6, 6.07) is 18.8. The number of nitrogens with zero attached hydrogens (tertiary/aromatic N) is 4. The Morgan fingerprint density at radius 1 is 1.00 bits per heavy atom. The lowest BCUT2D eigenvalue weighted by Crippen LogP contribution is -2.40. The fourth-order valence-electron chi connectivity index (χ4n) is 4.46. The summed E-state index contributed by atoms with van der Waals surface area (Å²) in [6.45, 7) is 0.358. The van der Waals surface area contributed by atoms with Crippen LogP contribution in [0.15, 0.2) is 73.1 Å². The van der Waals surface area contributed by atoms with Gasteiger partial charge in [-0.1, -0.05) is 41.9 Å². The summed E-state index contributed by atoms with van der Waals surface area (Å²) in [5, 5.41) is 10.6. The molecule has 8 heteroatoms. The minimum atomic E-state index is -0.927. The zero-order chi connectivity index (χ0) is 22.8. The van der Waals surface area contributed by atoms with Crippen LogP contribution in [-0.4, -0.2) is 42.6 Å². The largest absolute Gasteiger partial charge is 0.465 e. The van der Waals surface area contributed by atoms with Crippen molar-refractivity contribution < 1.29 is 9.90 Å². The normalized spacial score (nSPS) is 18.3. The monoisotopic (exact) mass is 459 g/mol. The molecule has 4 aromatic rings. The molecule has 2 aromatic heterocycles. The van der Waals surface area contributed by atoms with Gasteiger partial charge < -0.3 is 15.0 Å². The summed E-state index contributed by atoms with van der Waals surface area (Å²) in [4.78, 5) is 30.8. The number of aromatic amines is 1. The van der Waals surface area contributed by atoms with Crippen LogP contribution in [0.25, 0.3) is 22.9 Å². The predicted molar refractivity (Wildman–Crippen MR) is 126 cm³/mol. The van der Waals surface area contributed by atoms with Crippen molar-refractivity contribution in [3.8, 4) is 22.9 Å². The number of H-pyrrole nitrogens is 1. The number of rotatable bonds is 4. The Hall–Kier alpha value is -3.71. The molecule has 2 atom stereocenters. The number of carboxylic acid groups (broad SMARTS) is 1. The van der Waals surface area contributed by atoms with Gasteiger partial charge in [0.05, 0.1) is 11.7 Å². The van der Waals surface area contributed by atoms with Crippen LogP contribution in [0.5, 0.6) is 0 Å². The maximum absolute atomic E-state index is 12.2. The van der Waals surface area contributed by atoms with E-state index in [-0.39, 0.29) is 12.0 Å². The van der Waals surface area contributed by atoms with Gasteiger partial charge in [-0.25, -0.2) is 19.7 Å². The number of likely N-dealkylation sites (tertiary alicyclic amines) is 1. The summed E-state index contributed by atoms with van der Waals surface area (Å²) in [5.74, 6) is 1.13. The zero-order valence-corrected chi connectivity index (χ0v) is 18.5. The number of benzene rings is 2. The third-order valence-electron chi connectivity index (χ3n) is 6.05. The molecule has 0 bridgehead atoms. The Morgan fingerprint density at radius 2 is 1.73 bits per heavy atom. The Balaban J connectivity index is 1.52. The van der Waals surface area contributed by atoms with E-state index in [2.05, 4.69) is 15.0 Å². The third-order valence-corrected chi connectivity index (χ3v) is 6.30. The lowest BCUT2D eigenvalue weighted by molar-refractivity contribution is 0.0989. The minimum Gasteiger partial charge on any atom is -0.465 e. The number of amides is 1. The Bertz CT molecular complexity index is 1250. The van der Waals surface area contributed by atoms with Crippen molar-refractivity contribution in [1.82, 2.24) is 24.8 Å². The number of halogens is 1. The van der Waals surface area contributed by atoms with Crippen LogP contribution in [-0.2, 0) is 0 Å². The highest BCUT2D eigenvalue weighted by molar-refractivity contribution is 6.30. The predicted octanol–water partition coefficient (Wildman–Crippen LogP) is 5.79. The molecular formula is C25H22ClN5O2. The molecule has 1 aliphatic rings. The van der Waals surface area contributed by atoms with Crippen LogP contribution in [0.3, 0.4) is 0 Å². The van der Waals surface area contributed by atoms with Gasteiger partial charge >= 0.3 is 6.09 Å². The van der Waals surface area contributed by atoms with Crippen LogP contribution < -0.4 is 0 Å². The molecule has 0 radical (unpaired) electrons. The lowest BCUT2D eigenvalue weighted by atomic mass is 9.87. The van der Waals surface area contributed by atoms with E-state index in [1.165, 1.54) is 4.90 Å². The molecule has 33 heavy (non-hydrogen) atoms. The van der Waals surface area contributed by atoms with E-state index >= 15 is 0 Å². The van der Waals surface area contributed by atoms with Gasteiger partial charge in [0.2, 0.25) is 0 Å². The number of hydrogen-bond donors (Lipinski definition) is 2. The van der Waals surface area contributed by atoms with Gasteiger partial charge in [0.1, 0.15) is 11.5 Å². The molecule has 2 N–H and O–H groups in total. The number of aromatic nitrogens is 4. The number of hydrogen-bond acceptors (Lipinski definition) is 4. The van der Waals surface area contributed by atoms with Crippen molar-refractivity contribution in [2.45, 2.75) is 24.8 Å². The minimum absolute atomic E-state index is 0.0616. The number of piperidine rings is 1. The first-order valence-corrected chi connectivity index (χ1v) is 11.2. The Labute approximate surface area is 196 Å². The number of nitrogens with one attached hydrogen (secondary N) is 1. The standard InChI is InChI=1S/C25H22ClN5O2/c26-19-10-7-17(8-11-19)23-29-21(22(30-23)24-27-13-4-14-28-24)18-9-12-20(31(15-18)25(32)33)16-5-2-1-3-6-16/h1-8,10-11,13-14,18,20H,9,12,15H2,(H,29,30)(H,32,33). The molecule has 1 aliphatic heterocycles. The molecule has 0 aliphatic carbocycles. The lowest BCUT2D eigenvalue weighted by Gasteiger charge is -2.38. The quantitative estimate of drug-likeness (QED) is 0.403. The second-order valence-electron chi connectivity index (χ2n) is 8.06. The highest BCUT2D eigenvalue weighted by atomic mass is 35.5. The second kappa shape index (κ2) is 9.03. The summed E-state index contributed by atoms with van der Waals surface area (Å²) in [6.07, 6.45) is 3.96. The average Bonchev–Trinajstić information content (AvgIpc) is 3.31. The van der Waals surface area contributed by atoms with Crippen molar-refractivity contribution in [2.24, 2.45) is 0 Å². The van der Waals surface area contributed by atoms with Crippen molar-refractivity contribution in [3.63, 3.8) is 0 Å². The van der Waals surface area contributed by atoms with Gasteiger partial charge in [-0.2, -0.15) is 0 Å². The summed E-state index contributed by atoms with van der Waals surface area (Å²) in [7, 11) is 0. The highest BCUT2D eigenvalue weighted by Gasteiger charge is 2.35. The Morgan fingerprint density at radius 3 is 2.42 bits per heavy atom. The maximum Gasteiger partial charge on any atom is 0.407 e. The SMILES string of the molecule is O=C(O)N1CC(c2[nH]c(-c3ccc(Cl)cc3)nc2-c2ncccn2)CCC1c1ccccc1. The van der Waals surface area contributed by atoms with Crippen LogP contribution in [0.4, 0.5) is 4.79 Å². The van der Waals surface area contributed by atoms with Gasteiger partial charge in [-0.15, -0.1) is 0 Å². The van der Waals surface area contributed by atoms with Crippen molar-refractivity contribution in [1.29, 1.82) is 0 Å². The van der Waals surface area contributed by atoms with Crippen LogP contribution >= 0.6 is 11.6 Å². The summed E-state index contributed by atoms with van der Waals surface area (Å²) in [5.41, 5.74) is 3.39. The molecule has 2 aromatic carbocycles.